The minimum Gasteiger partial charge on any atom is -0.338 e. The number of nitrogens with one attached hydrogen (secondary N) is 1. The van der Waals surface area contributed by atoms with E-state index in [0.717, 1.165) is 40.1 Å². The highest BCUT2D eigenvalue weighted by Crippen LogP contribution is 2.31. The lowest BCUT2D eigenvalue weighted by atomic mass is 9.97. The number of piperidine rings is 1. The Morgan fingerprint density at radius 1 is 1.03 bits per heavy atom. The molecule has 1 saturated heterocycles. The highest BCUT2D eigenvalue weighted by atomic mass is 32.1. The summed E-state index contributed by atoms with van der Waals surface area (Å²) in [5.41, 5.74) is 4.41. The molecule has 8 nitrogen and oxygen atoms in total. The minimum atomic E-state index is -0.228. The fourth-order valence-electron chi connectivity index (χ4n) is 4.88. The van der Waals surface area contributed by atoms with Crippen molar-refractivity contribution < 1.29 is 9.59 Å². The van der Waals surface area contributed by atoms with E-state index in [4.69, 9.17) is 0 Å². The van der Waals surface area contributed by atoms with Gasteiger partial charge in [0, 0.05) is 41.7 Å². The minimum absolute atomic E-state index is 0.00733. The van der Waals surface area contributed by atoms with Crippen LogP contribution in [0.25, 0.3) is 16.6 Å². The van der Waals surface area contributed by atoms with Crippen LogP contribution in [-0.4, -0.2) is 49.6 Å². The summed E-state index contributed by atoms with van der Waals surface area (Å²) in [6.07, 6.45) is 5.03. The highest BCUT2D eigenvalue weighted by Gasteiger charge is 2.28. The maximum Gasteiger partial charge on any atom is 0.275 e. The third-order valence-electron chi connectivity index (χ3n) is 6.99. The molecule has 6 rings (SSSR count). The molecule has 2 amide bonds. The van der Waals surface area contributed by atoms with E-state index in [9.17, 15) is 9.59 Å². The van der Waals surface area contributed by atoms with Gasteiger partial charge >= 0.3 is 0 Å². The molecule has 1 aliphatic rings. The van der Waals surface area contributed by atoms with Gasteiger partial charge in [0.1, 0.15) is 5.69 Å². The van der Waals surface area contributed by atoms with E-state index in [2.05, 4.69) is 20.4 Å². The zero-order valence-corrected chi connectivity index (χ0v) is 21.7. The maximum atomic E-state index is 13.3. The molecule has 2 aromatic carbocycles. The smallest absolute Gasteiger partial charge is 0.275 e. The summed E-state index contributed by atoms with van der Waals surface area (Å²) in [5.74, 6) is 0.00709. The molecule has 0 bridgehead atoms. The number of fused-ring (bicyclic) bond motifs is 1. The number of carbonyl (C=O) groups excluding carboxylic acids is 2. The van der Waals surface area contributed by atoms with Crippen LogP contribution in [0.5, 0.6) is 0 Å². The Bertz CT molecular complexity index is 1620. The first-order chi connectivity index (χ1) is 18.6. The number of para-hydroxylation sites is 1. The summed E-state index contributed by atoms with van der Waals surface area (Å²) in [7, 11) is 0. The fraction of sp³-hybridized carbons (Fsp3) is 0.207. The van der Waals surface area contributed by atoms with Gasteiger partial charge in [0.2, 0.25) is 0 Å². The maximum absolute atomic E-state index is 13.3. The van der Waals surface area contributed by atoms with Gasteiger partial charge in [-0.15, -0.1) is 11.3 Å². The zero-order valence-electron chi connectivity index (χ0n) is 20.9. The Labute approximate surface area is 224 Å². The van der Waals surface area contributed by atoms with Gasteiger partial charge in [-0.25, -0.2) is 9.67 Å². The molecule has 5 aromatic rings. The second kappa shape index (κ2) is 10.2. The second-order valence-corrected chi connectivity index (χ2v) is 10.3. The number of likely N-dealkylation sites (tertiary alicyclic amines) is 1. The number of benzene rings is 2. The number of hydrogen-bond acceptors (Lipinski definition) is 6. The molecular formula is C29H26N6O2S. The van der Waals surface area contributed by atoms with Gasteiger partial charge in [-0.3, -0.25) is 14.6 Å². The van der Waals surface area contributed by atoms with Crippen LogP contribution in [0.4, 0.5) is 5.69 Å². The van der Waals surface area contributed by atoms with E-state index < -0.39 is 0 Å². The van der Waals surface area contributed by atoms with Crippen LogP contribution >= 0.6 is 11.3 Å². The molecule has 190 valence electrons. The van der Waals surface area contributed by atoms with Gasteiger partial charge in [0.25, 0.3) is 11.8 Å². The van der Waals surface area contributed by atoms with Crippen molar-refractivity contribution in [2.24, 2.45) is 0 Å². The summed E-state index contributed by atoms with van der Waals surface area (Å²) < 4.78 is 1.80. The summed E-state index contributed by atoms with van der Waals surface area (Å²) in [5, 5.41) is 11.1. The number of amides is 2. The van der Waals surface area contributed by atoms with Crippen molar-refractivity contribution in [3.05, 3.63) is 100 Å². The van der Waals surface area contributed by atoms with Gasteiger partial charge in [0.05, 0.1) is 33.7 Å². The SMILES string of the molecule is Cc1c(C(=O)N2CCC(c3nc(C(=O)Nc4ccc5ncccc5c4)cs3)CC2)cnn1-c1ccccc1. The lowest BCUT2D eigenvalue weighted by Crippen LogP contribution is -2.38. The van der Waals surface area contributed by atoms with Crippen LogP contribution < -0.4 is 5.32 Å². The van der Waals surface area contributed by atoms with Gasteiger partial charge in [-0.05, 0) is 56.2 Å². The predicted octanol–water partition coefficient (Wildman–Crippen LogP) is 5.46. The quantitative estimate of drug-likeness (QED) is 0.331. The number of aromatic nitrogens is 4. The molecule has 0 radical (unpaired) electrons. The molecule has 0 atom stereocenters. The Balaban J connectivity index is 1.08. The molecule has 3 aromatic heterocycles. The van der Waals surface area contributed by atoms with Crippen molar-refractivity contribution in [2.45, 2.75) is 25.7 Å². The number of rotatable bonds is 5. The van der Waals surface area contributed by atoms with Crippen LogP contribution in [0.2, 0.25) is 0 Å². The van der Waals surface area contributed by atoms with E-state index in [1.54, 1.807) is 17.1 Å². The first kappa shape index (κ1) is 24.0. The van der Waals surface area contributed by atoms with E-state index >= 15 is 0 Å². The van der Waals surface area contributed by atoms with Crippen LogP contribution in [-0.2, 0) is 0 Å². The number of nitrogens with zero attached hydrogens (tertiary/aromatic N) is 5. The fourth-order valence-corrected chi connectivity index (χ4v) is 5.85. The van der Waals surface area contributed by atoms with Gasteiger partial charge < -0.3 is 10.2 Å². The van der Waals surface area contributed by atoms with Crippen LogP contribution in [0.15, 0.2) is 78.4 Å². The summed E-state index contributed by atoms with van der Waals surface area (Å²) in [4.78, 5) is 37.0. The summed E-state index contributed by atoms with van der Waals surface area (Å²) in [6, 6.07) is 19.3. The van der Waals surface area contributed by atoms with E-state index in [1.807, 2.05) is 77.9 Å². The molecule has 1 N–H and O–H groups in total. The molecule has 0 aliphatic carbocycles. The Kier molecular flexibility index (Phi) is 6.43. The number of thiazole rings is 1. The van der Waals surface area contributed by atoms with E-state index in [0.29, 0.717) is 30.0 Å². The van der Waals surface area contributed by atoms with E-state index in [-0.39, 0.29) is 17.7 Å². The lowest BCUT2D eigenvalue weighted by molar-refractivity contribution is 0.0712. The predicted molar refractivity (Wildman–Crippen MR) is 148 cm³/mol. The molecule has 1 aliphatic heterocycles. The normalized spacial score (nSPS) is 14.1. The molecule has 1 fully saturated rings. The van der Waals surface area contributed by atoms with Crippen molar-refractivity contribution >= 4 is 39.7 Å². The van der Waals surface area contributed by atoms with Gasteiger partial charge in [-0.1, -0.05) is 24.3 Å². The Hall–Kier alpha value is -4.37. The highest BCUT2D eigenvalue weighted by molar-refractivity contribution is 7.10. The molecule has 0 spiro atoms. The van der Waals surface area contributed by atoms with Crippen LogP contribution in [0, 0.1) is 6.92 Å². The first-order valence-electron chi connectivity index (χ1n) is 12.6. The molecule has 38 heavy (non-hydrogen) atoms. The van der Waals surface area contributed by atoms with Crippen molar-refractivity contribution in [2.75, 3.05) is 18.4 Å². The number of anilines is 1. The number of pyridine rings is 1. The average molecular weight is 523 g/mol. The van der Waals surface area contributed by atoms with Gasteiger partial charge in [-0.2, -0.15) is 5.10 Å². The molecule has 0 saturated carbocycles. The third-order valence-corrected chi connectivity index (χ3v) is 8.00. The molecule has 0 unspecified atom stereocenters. The largest absolute Gasteiger partial charge is 0.338 e. The lowest BCUT2D eigenvalue weighted by Gasteiger charge is -2.31. The number of carbonyl (C=O) groups is 2. The monoisotopic (exact) mass is 522 g/mol. The average Bonchev–Trinajstić information content (AvgIpc) is 3.61. The summed E-state index contributed by atoms with van der Waals surface area (Å²) >= 11 is 1.51. The van der Waals surface area contributed by atoms with Gasteiger partial charge in [0.15, 0.2) is 0 Å². The van der Waals surface area contributed by atoms with E-state index in [1.165, 1.54) is 11.3 Å². The van der Waals surface area contributed by atoms with Crippen molar-refractivity contribution in [3.63, 3.8) is 0 Å². The molecule has 9 heteroatoms. The third kappa shape index (κ3) is 4.68. The Morgan fingerprint density at radius 3 is 2.66 bits per heavy atom. The van der Waals surface area contributed by atoms with Crippen molar-refractivity contribution in [3.8, 4) is 5.69 Å². The summed E-state index contributed by atoms with van der Waals surface area (Å²) in [6.45, 7) is 3.22. The molecule has 4 heterocycles. The van der Waals surface area contributed by atoms with Crippen LogP contribution in [0.1, 0.15) is 50.3 Å². The first-order valence-corrected chi connectivity index (χ1v) is 13.5. The number of hydrogen-bond donors (Lipinski definition) is 1. The van der Waals surface area contributed by atoms with Crippen molar-refractivity contribution in [1.29, 1.82) is 0 Å². The van der Waals surface area contributed by atoms with Crippen LogP contribution in [0.3, 0.4) is 0 Å². The second-order valence-electron chi connectivity index (χ2n) is 9.39. The topological polar surface area (TPSA) is 93.0 Å². The van der Waals surface area contributed by atoms with Crippen molar-refractivity contribution in [1.82, 2.24) is 24.6 Å². The molecular weight excluding hydrogens is 496 g/mol. The Morgan fingerprint density at radius 2 is 1.84 bits per heavy atom. The zero-order chi connectivity index (χ0) is 26.1. The standard InChI is InChI=1S/C29H26N6O2S/c1-19-24(17-31-35(19)23-7-3-2-4-8-23)29(37)34-14-11-20(12-15-34)28-33-26(18-38-28)27(36)32-22-9-10-25-21(16-22)6-5-13-30-25/h2-10,13,16-18,20H,11-12,14-15H2,1H3,(H,32,36).